The van der Waals surface area contributed by atoms with E-state index in [1.54, 1.807) is 0 Å². The van der Waals surface area contributed by atoms with Crippen LogP contribution in [-0.4, -0.2) is 11.6 Å². The van der Waals surface area contributed by atoms with Crippen molar-refractivity contribution in [1.29, 1.82) is 0 Å². The van der Waals surface area contributed by atoms with Crippen LogP contribution >= 0.6 is 0 Å². The van der Waals surface area contributed by atoms with E-state index in [9.17, 15) is 0 Å². The monoisotopic (exact) mass is 176 g/mol. The number of hydrogen-bond donors (Lipinski definition) is 2. The second-order valence-electron chi connectivity index (χ2n) is 3.02. The molecule has 1 heterocycles. The highest BCUT2D eigenvalue weighted by Gasteiger charge is 1.96. The van der Waals surface area contributed by atoms with Gasteiger partial charge in [-0.25, -0.2) is 5.90 Å². The first kappa shape index (κ1) is 8.29. The summed E-state index contributed by atoms with van der Waals surface area (Å²) in [6.45, 7) is 0.562. The first-order valence-corrected chi connectivity index (χ1v) is 4.28. The van der Waals surface area contributed by atoms with Gasteiger partial charge < -0.3 is 9.82 Å². The fourth-order valence-corrected chi connectivity index (χ4v) is 1.43. The van der Waals surface area contributed by atoms with Crippen molar-refractivity contribution in [3.05, 3.63) is 36.0 Å². The molecular formula is C10H12N2O. The second kappa shape index (κ2) is 3.60. The van der Waals surface area contributed by atoms with Gasteiger partial charge in [0.15, 0.2) is 0 Å². The van der Waals surface area contributed by atoms with Crippen molar-refractivity contribution < 1.29 is 4.84 Å². The minimum Gasteiger partial charge on any atom is -0.361 e. The van der Waals surface area contributed by atoms with Crippen LogP contribution in [0.1, 0.15) is 5.56 Å². The number of rotatable bonds is 3. The van der Waals surface area contributed by atoms with Gasteiger partial charge in [-0.15, -0.1) is 0 Å². The number of nitrogens with one attached hydrogen (secondary N) is 1. The standard InChI is InChI=1S/C10H12N2O/c11-13-6-4-8-1-2-9-3-5-12-10(9)7-8/h1-3,5,7,12H,4,6,11H2. The highest BCUT2D eigenvalue weighted by molar-refractivity contribution is 5.79. The molecule has 1 aromatic carbocycles. The molecule has 3 N–H and O–H groups in total. The van der Waals surface area contributed by atoms with Gasteiger partial charge in [-0.2, -0.15) is 0 Å². The highest BCUT2D eigenvalue weighted by atomic mass is 16.6. The van der Waals surface area contributed by atoms with Crippen molar-refractivity contribution in [3.63, 3.8) is 0 Å². The molecule has 0 unspecified atom stereocenters. The van der Waals surface area contributed by atoms with Crippen molar-refractivity contribution in [2.45, 2.75) is 6.42 Å². The molecule has 2 aromatic rings. The summed E-state index contributed by atoms with van der Waals surface area (Å²) >= 11 is 0. The van der Waals surface area contributed by atoms with E-state index in [4.69, 9.17) is 5.90 Å². The lowest BCUT2D eigenvalue weighted by Crippen LogP contribution is -2.03. The van der Waals surface area contributed by atoms with E-state index in [1.165, 1.54) is 10.9 Å². The lowest BCUT2D eigenvalue weighted by Gasteiger charge is -1.99. The molecule has 2 rings (SSSR count). The summed E-state index contributed by atoms with van der Waals surface area (Å²) < 4.78 is 0. The molecule has 0 aliphatic heterocycles. The smallest absolute Gasteiger partial charge is 0.0719 e. The number of nitrogens with two attached hydrogens (primary N) is 1. The normalized spacial score (nSPS) is 10.8. The van der Waals surface area contributed by atoms with Gasteiger partial charge in [0.25, 0.3) is 0 Å². The topological polar surface area (TPSA) is 51.0 Å². The fourth-order valence-electron chi connectivity index (χ4n) is 1.43. The Labute approximate surface area is 76.5 Å². The number of benzene rings is 1. The van der Waals surface area contributed by atoms with Gasteiger partial charge in [0.1, 0.15) is 0 Å². The Kier molecular flexibility index (Phi) is 2.29. The van der Waals surface area contributed by atoms with Gasteiger partial charge in [0.05, 0.1) is 6.61 Å². The molecule has 3 nitrogen and oxygen atoms in total. The summed E-state index contributed by atoms with van der Waals surface area (Å²) in [6.07, 6.45) is 2.79. The molecule has 0 aliphatic carbocycles. The number of fused-ring (bicyclic) bond motifs is 1. The summed E-state index contributed by atoms with van der Waals surface area (Å²) in [5.74, 6) is 4.96. The van der Waals surface area contributed by atoms with Crippen LogP contribution in [0.2, 0.25) is 0 Å². The van der Waals surface area contributed by atoms with E-state index in [-0.39, 0.29) is 0 Å². The molecule has 0 spiro atoms. The zero-order valence-corrected chi connectivity index (χ0v) is 7.29. The molecule has 0 aliphatic rings. The Balaban J connectivity index is 2.26. The maximum atomic E-state index is 4.96. The molecule has 1 aromatic heterocycles. The summed E-state index contributed by atoms with van der Waals surface area (Å²) in [6, 6.07) is 8.36. The quantitative estimate of drug-likeness (QED) is 0.698. The Morgan fingerprint density at radius 3 is 3.08 bits per heavy atom. The summed E-state index contributed by atoms with van der Waals surface area (Å²) in [5, 5.41) is 1.23. The van der Waals surface area contributed by atoms with Gasteiger partial charge in [0.2, 0.25) is 0 Å². The van der Waals surface area contributed by atoms with Crippen LogP contribution in [0, 0.1) is 0 Å². The number of H-pyrrole nitrogens is 1. The van der Waals surface area contributed by atoms with E-state index in [0.29, 0.717) is 6.61 Å². The van der Waals surface area contributed by atoms with Gasteiger partial charge >= 0.3 is 0 Å². The molecular weight excluding hydrogens is 164 g/mol. The van der Waals surface area contributed by atoms with Crippen LogP contribution in [0.25, 0.3) is 10.9 Å². The molecule has 68 valence electrons. The minimum absolute atomic E-state index is 0.562. The van der Waals surface area contributed by atoms with Gasteiger partial charge in [0, 0.05) is 11.7 Å². The summed E-state index contributed by atoms with van der Waals surface area (Å²) in [7, 11) is 0. The van der Waals surface area contributed by atoms with Crippen molar-refractivity contribution in [3.8, 4) is 0 Å². The largest absolute Gasteiger partial charge is 0.361 e. The first-order chi connectivity index (χ1) is 6.40. The molecule has 3 heteroatoms. The molecule has 0 radical (unpaired) electrons. The van der Waals surface area contributed by atoms with E-state index >= 15 is 0 Å². The summed E-state index contributed by atoms with van der Waals surface area (Å²) in [4.78, 5) is 7.69. The van der Waals surface area contributed by atoms with Crippen LogP contribution in [0.15, 0.2) is 30.5 Å². The minimum atomic E-state index is 0.562. The van der Waals surface area contributed by atoms with E-state index in [0.717, 1.165) is 11.9 Å². The third-order valence-corrected chi connectivity index (χ3v) is 2.13. The SMILES string of the molecule is NOCCc1ccc2cc[nH]c2c1. The maximum Gasteiger partial charge on any atom is 0.0719 e. The predicted molar refractivity (Wildman–Crippen MR) is 52.1 cm³/mol. The third kappa shape index (κ3) is 1.71. The third-order valence-electron chi connectivity index (χ3n) is 2.13. The lowest BCUT2D eigenvalue weighted by molar-refractivity contribution is 0.141. The molecule has 13 heavy (non-hydrogen) atoms. The molecule has 0 saturated heterocycles. The molecule has 0 fully saturated rings. The van der Waals surface area contributed by atoms with E-state index in [1.807, 2.05) is 6.20 Å². The van der Waals surface area contributed by atoms with Gasteiger partial charge in [-0.05, 0) is 29.5 Å². The van der Waals surface area contributed by atoms with E-state index in [2.05, 4.69) is 34.1 Å². The van der Waals surface area contributed by atoms with Crippen LogP contribution < -0.4 is 5.90 Å². The van der Waals surface area contributed by atoms with Gasteiger partial charge in [-0.3, -0.25) is 0 Å². The molecule has 0 atom stereocenters. The van der Waals surface area contributed by atoms with Crippen LogP contribution in [-0.2, 0) is 11.3 Å². The number of hydrogen-bond acceptors (Lipinski definition) is 2. The summed E-state index contributed by atoms with van der Waals surface area (Å²) in [5.41, 5.74) is 2.40. The van der Waals surface area contributed by atoms with Crippen molar-refractivity contribution in [2.24, 2.45) is 5.90 Å². The first-order valence-electron chi connectivity index (χ1n) is 4.28. The Morgan fingerprint density at radius 2 is 2.23 bits per heavy atom. The van der Waals surface area contributed by atoms with Crippen molar-refractivity contribution in [2.75, 3.05) is 6.61 Å². The lowest BCUT2D eigenvalue weighted by atomic mass is 10.1. The van der Waals surface area contributed by atoms with Crippen molar-refractivity contribution >= 4 is 10.9 Å². The Bertz CT molecular complexity index is 394. The van der Waals surface area contributed by atoms with Crippen LogP contribution in [0.5, 0.6) is 0 Å². The number of aromatic nitrogens is 1. The second-order valence-corrected chi connectivity index (χ2v) is 3.02. The predicted octanol–water partition coefficient (Wildman–Crippen LogP) is 1.60. The average molecular weight is 176 g/mol. The fraction of sp³-hybridized carbons (Fsp3) is 0.200. The molecule has 0 saturated carbocycles. The zero-order valence-electron chi connectivity index (χ0n) is 7.29. The molecule has 0 amide bonds. The van der Waals surface area contributed by atoms with Gasteiger partial charge in [-0.1, -0.05) is 12.1 Å². The zero-order chi connectivity index (χ0) is 9.10. The molecule has 0 bridgehead atoms. The van der Waals surface area contributed by atoms with Crippen LogP contribution in [0.3, 0.4) is 0 Å². The highest BCUT2D eigenvalue weighted by Crippen LogP contribution is 2.14. The Morgan fingerprint density at radius 1 is 1.31 bits per heavy atom. The maximum absolute atomic E-state index is 4.96. The van der Waals surface area contributed by atoms with Crippen LogP contribution in [0.4, 0.5) is 0 Å². The Hall–Kier alpha value is -1.32. The van der Waals surface area contributed by atoms with E-state index < -0.39 is 0 Å². The average Bonchev–Trinajstić information content (AvgIpc) is 2.61. The van der Waals surface area contributed by atoms with Crippen molar-refractivity contribution in [1.82, 2.24) is 4.98 Å². The number of aromatic amines is 1.